The van der Waals surface area contributed by atoms with Crippen LogP contribution >= 0.6 is 11.3 Å². The Morgan fingerprint density at radius 2 is 2.48 bits per heavy atom. The number of nitrogens with zero attached hydrogens (tertiary/aromatic N) is 3. The zero-order chi connectivity index (χ0) is 15.6. The Bertz CT molecular complexity index is 639. The monoisotopic (exact) mass is 334 g/mol. The van der Waals surface area contributed by atoms with Gasteiger partial charge in [-0.05, 0) is 30.9 Å². The molecule has 7 heteroatoms. The van der Waals surface area contributed by atoms with Gasteiger partial charge in [-0.1, -0.05) is 5.21 Å². The van der Waals surface area contributed by atoms with Crippen molar-refractivity contribution in [2.24, 2.45) is 5.92 Å². The molecule has 0 aromatic carbocycles. The van der Waals surface area contributed by atoms with Gasteiger partial charge in [0.05, 0.1) is 30.3 Å². The van der Waals surface area contributed by atoms with E-state index in [1.165, 1.54) is 15.3 Å². The topological polar surface area (TPSA) is 72.2 Å². The van der Waals surface area contributed by atoms with Crippen molar-refractivity contribution in [2.75, 3.05) is 19.8 Å². The van der Waals surface area contributed by atoms with Crippen molar-refractivity contribution in [3.63, 3.8) is 0 Å². The molecule has 4 heterocycles. The maximum Gasteiger partial charge on any atom is 0.123 e. The molecule has 1 fully saturated rings. The third-order valence-electron chi connectivity index (χ3n) is 4.65. The van der Waals surface area contributed by atoms with Gasteiger partial charge in [-0.15, -0.1) is 16.4 Å². The van der Waals surface area contributed by atoms with Crippen LogP contribution in [0.25, 0.3) is 10.6 Å². The first-order valence-electron chi connectivity index (χ1n) is 8.28. The molecule has 0 saturated carbocycles. The lowest BCUT2D eigenvalue weighted by Crippen LogP contribution is -2.32. The Hall–Kier alpha value is -1.28. The SMILES string of the molecule is OC(Cn1cc(-c2cc3c(s2)CCNC3)nn1)C1CCCOC1. The number of aliphatic hydroxyl groups is 1. The van der Waals surface area contributed by atoms with Crippen molar-refractivity contribution in [3.8, 4) is 10.6 Å². The van der Waals surface area contributed by atoms with Crippen LogP contribution in [0.3, 0.4) is 0 Å². The molecule has 4 rings (SSSR count). The maximum absolute atomic E-state index is 10.4. The highest BCUT2D eigenvalue weighted by molar-refractivity contribution is 7.15. The van der Waals surface area contributed by atoms with Crippen molar-refractivity contribution in [1.82, 2.24) is 20.3 Å². The number of thiophene rings is 1. The number of aliphatic hydroxyl groups excluding tert-OH is 1. The quantitative estimate of drug-likeness (QED) is 0.885. The highest BCUT2D eigenvalue weighted by Gasteiger charge is 2.23. The molecule has 0 radical (unpaired) electrons. The number of hydrogen-bond donors (Lipinski definition) is 2. The second-order valence-electron chi connectivity index (χ2n) is 6.36. The third-order valence-corrected chi connectivity index (χ3v) is 5.91. The molecule has 2 aromatic rings. The van der Waals surface area contributed by atoms with Crippen LogP contribution in [0.4, 0.5) is 0 Å². The number of aromatic nitrogens is 3. The second-order valence-corrected chi connectivity index (χ2v) is 7.49. The predicted molar refractivity (Wildman–Crippen MR) is 88.3 cm³/mol. The molecule has 2 unspecified atom stereocenters. The molecule has 1 saturated heterocycles. The summed E-state index contributed by atoms with van der Waals surface area (Å²) in [5, 5.41) is 22.2. The number of hydrogen-bond acceptors (Lipinski definition) is 6. The Kier molecular flexibility index (Phi) is 4.43. The molecule has 2 aromatic heterocycles. The number of nitrogens with one attached hydrogen (secondary N) is 1. The van der Waals surface area contributed by atoms with E-state index in [1.54, 1.807) is 4.68 Å². The summed E-state index contributed by atoms with van der Waals surface area (Å²) in [6.45, 7) is 3.94. The first kappa shape index (κ1) is 15.3. The van der Waals surface area contributed by atoms with E-state index in [0.29, 0.717) is 13.2 Å². The minimum atomic E-state index is -0.425. The van der Waals surface area contributed by atoms with E-state index in [9.17, 15) is 5.11 Å². The number of fused-ring (bicyclic) bond motifs is 1. The van der Waals surface area contributed by atoms with Crippen LogP contribution in [0.1, 0.15) is 23.3 Å². The highest BCUT2D eigenvalue weighted by Crippen LogP contribution is 2.32. The standard InChI is InChI=1S/C16H22N4O2S/c21-14(11-2-1-5-22-10-11)9-20-8-13(18-19-20)16-6-12-7-17-4-3-15(12)23-16/h6,8,11,14,17,21H,1-5,7,9-10H2. The van der Waals surface area contributed by atoms with Crippen molar-refractivity contribution in [1.29, 1.82) is 0 Å². The van der Waals surface area contributed by atoms with Crippen molar-refractivity contribution >= 4 is 11.3 Å². The molecule has 6 nitrogen and oxygen atoms in total. The largest absolute Gasteiger partial charge is 0.391 e. The summed E-state index contributed by atoms with van der Waals surface area (Å²) >= 11 is 1.81. The van der Waals surface area contributed by atoms with Crippen LogP contribution in [0.2, 0.25) is 0 Å². The van der Waals surface area contributed by atoms with Gasteiger partial charge in [0.15, 0.2) is 0 Å². The van der Waals surface area contributed by atoms with Gasteiger partial charge in [-0.2, -0.15) is 0 Å². The van der Waals surface area contributed by atoms with Crippen LogP contribution in [-0.2, 0) is 24.2 Å². The van der Waals surface area contributed by atoms with Crippen LogP contribution in [-0.4, -0.2) is 46.0 Å². The first-order chi connectivity index (χ1) is 11.3. The van der Waals surface area contributed by atoms with Crippen LogP contribution in [0.5, 0.6) is 0 Å². The lowest BCUT2D eigenvalue weighted by Gasteiger charge is -2.26. The molecule has 0 amide bonds. The van der Waals surface area contributed by atoms with Gasteiger partial charge in [0.2, 0.25) is 0 Å². The molecular formula is C16H22N4O2S. The molecule has 2 aliphatic rings. The fraction of sp³-hybridized carbons (Fsp3) is 0.625. The molecule has 2 atom stereocenters. The summed E-state index contributed by atoms with van der Waals surface area (Å²) in [5.74, 6) is 0.205. The molecular weight excluding hydrogens is 312 g/mol. The number of rotatable bonds is 4. The average Bonchev–Trinajstić information content (AvgIpc) is 3.21. The molecule has 2 aliphatic heterocycles. The normalized spacial score (nSPS) is 22.7. The summed E-state index contributed by atoms with van der Waals surface area (Å²) in [4.78, 5) is 2.62. The average molecular weight is 334 g/mol. The van der Waals surface area contributed by atoms with E-state index in [4.69, 9.17) is 4.74 Å². The fourth-order valence-corrected chi connectivity index (χ4v) is 4.42. The molecule has 124 valence electrons. The highest BCUT2D eigenvalue weighted by atomic mass is 32.1. The van der Waals surface area contributed by atoms with E-state index in [-0.39, 0.29) is 5.92 Å². The summed E-state index contributed by atoms with van der Waals surface area (Å²) in [6, 6.07) is 2.21. The van der Waals surface area contributed by atoms with Crippen molar-refractivity contribution < 1.29 is 9.84 Å². The van der Waals surface area contributed by atoms with E-state index >= 15 is 0 Å². The lowest BCUT2D eigenvalue weighted by atomic mass is 9.96. The van der Waals surface area contributed by atoms with Crippen LogP contribution in [0.15, 0.2) is 12.3 Å². The zero-order valence-corrected chi connectivity index (χ0v) is 13.9. The van der Waals surface area contributed by atoms with Gasteiger partial charge < -0.3 is 15.2 Å². The van der Waals surface area contributed by atoms with Gasteiger partial charge in [-0.25, -0.2) is 4.68 Å². The van der Waals surface area contributed by atoms with Crippen LogP contribution < -0.4 is 5.32 Å². The van der Waals surface area contributed by atoms with Crippen molar-refractivity contribution in [3.05, 3.63) is 22.7 Å². The Morgan fingerprint density at radius 1 is 1.52 bits per heavy atom. The van der Waals surface area contributed by atoms with Crippen molar-refractivity contribution in [2.45, 2.75) is 38.5 Å². The predicted octanol–water partition coefficient (Wildman–Crippen LogP) is 1.44. The summed E-state index contributed by atoms with van der Waals surface area (Å²) in [5.41, 5.74) is 2.28. The van der Waals surface area contributed by atoms with E-state index < -0.39 is 6.10 Å². The maximum atomic E-state index is 10.4. The van der Waals surface area contributed by atoms with Gasteiger partial charge in [0.1, 0.15) is 5.69 Å². The minimum Gasteiger partial charge on any atom is -0.391 e. The lowest BCUT2D eigenvalue weighted by molar-refractivity contribution is -0.0163. The summed E-state index contributed by atoms with van der Waals surface area (Å²) in [7, 11) is 0. The zero-order valence-electron chi connectivity index (χ0n) is 13.1. The fourth-order valence-electron chi connectivity index (χ4n) is 3.29. The van der Waals surface area contributed by atoms with Gasteiger partial charge >= 0.3 is 0 Å². The first-order valence-corrected chi connectivity index (χ1v) is 9.10. The smallest absolute Gasteiger partial charge is 0.123 e. The van der Waals surface area contributed by atoms with E-state index in [2.05, 4.69) is 21.7 Å². The summed E-state index contributed by atoms with van der Waals surface area (Å²) in [6.07, 6.45) is 4.66. The third kappa shape index (κ3) is 3.33. The minimum absolute atomic E-state index is 0.205. The Morgan fingerprint density at radius 3 is 3.30 bits per heavy atom. The molecule has 0 aliphatic carbocycles. The van der Waals surface area contributed by atoms with Gasteiger partial charge in [0, 0.05) is 30.5 Å². The molecule has 0 bridgehead atoms. The van der Waals surface area contributed by atoms with E-state index in [1.807, 2.05) is 17.5 Å². The Balaban J connectivity index is 1.45. The summed E-state index contributed by atoms with van der Waals surface area (Å²) < 4.78 is 7.21. The molecule has 23 heavy (non-hydrogen) atoms. The number of ether oxygens (including phenoxy) is 1. The second kappa shape index (κ2) is 6.68. The van der Waals surface area contributed by atoms with E-state index in [0.717, 1.165) is 44.7 Å². The van der Waals surface area contributed by atoms with Gasteiger partial charge in [-0.3, -0.25) is 0 Å². The molecule has 2 N–H and O–H groups in total. The van der Waals surface area contributed by atoms with Crippen LogP contribution in [0, 0.1) is 5.92 Å². The molecule has 0 spiro atoms. The van der Waals surface area contributed by atoms with Gasteiger partial charge in [0.25, 0.3) is 0 Å². The Labute approximate surface area is 139 Å².